The van der Waals surface area contributed by atoms with E-state index in [9.17, 15) is 0 Å². The Bertz CT molecular complexity index is 652. The average Bonchev–Trinajstić information content (AvgIpc) is 2.75. The zero-order chi connectivity index (χ0) is 11.0. The first-order valence-electron chi connectivity index (χ1n) is 4.53. The third-order valence-corrected chi connectivity index (χ3v) is 3.12. The minimum absolute atomic E-state index is 0.257. The fourth-order valence-corrected chi connectivity index (χ4v) is 2.17. The van der Waals surface area contributed by atoms with E-state index in [-0.39, 0.29) is 5.28 Å². The second kappa shape index (κ2) is 3.77. The summed E-state index contributed by atoms with van der Waals surface area (Å²) in [6, 6.07) is 5.80. The van der Waals surface area contributed by atoms with Gasteiger partial charge in [-0.3, -0.25) is 9.97 Å². The topological polar surface area (TPSA) is 51.6 Å². The molecule has 0 fully saturated rings. The van der Waals surface area contributed by atoms with Gasteiger partial charge in [-0.05, 0) is 35.3 Å². The molecule has 0 unspecified atom stereocenters. The molecule has 0 amide bonds. The molecule has 0 saturated carbocycles. The van der Waals surface area contributed by atoms with E-state index in [4.69, 9.17) is 11.6 Å². The third kappa shape index (κ3) is 1.64. The molecule has 3 aromatic rings. The normalized spacial score (nSPS) is 10.8. The Morgan fingerprint density at radius 3 is 3.00 bits per heavy atom. The van der Waals surface area contributed by atoms with Gasteiger partial charge in [0.2, 0.25) is 5.28 Å². The van der Waals surface area contributed by atoms with Crippen LogP contribution in [-0.4, -0.2) is 19.3 Å². The molecule has 16 heavy (non-hydrogen) atoms. The zero-order valence-electron chi connectivity index (χ0n) is 7.96. The zero-order valence-corrected chi connectivity index (χ0v) is 9.53. The van der Waals surface area contributed by atoms with E-state index in [1.807, 2.05) is 18.2 Å². The van der Waals surface area contributed by atoms with Gasteiger partial charge in [-0.25, -0.2) is 4.98 Å². The summed E-state index contributed by atoms with van der Waals surface area (Å²) >= 11 is 6.91. The number of fused-ring (bicyclic) bond motifs is 1. The summed E-state index contributed by atoms with van der Waals surface area (Å²) in [6.07, 6.45) is 3.46. The smallest absolute Gasteiger partial charge is 0.234 e. The van der Waals surface area contributed by atoms with Crippen molar-refractivity contribution in [2.24, 2.45) is 0 Å². The fourth-order valence-electron chi connectivity index (χ4n) is 1.40. The highest BCUT2D eigenvalue weighted by Crippen LogP contribution is 2.23. The summed E-state index contributed by atoms with van der Waals surface area (Å²) in [4.78, 5) is 12.6. The Morgan fingerprint density at radius 1 is 1.25 bits per heavy atom. The van der Waals surface area contributed by atoms with Crippen molar-refractivity contribution < 1.29 is 0 Å². The van der Waals surface area contributed by atoms with Crippen LogP contribution >= 0.6 is 23.1 Å². The van der Waals surface area contributed by atoms with E-state index >= 15 is 0 Å². The van der Waals surface area contributed by atoms with Crippen LogP contribution in [0.2, 0.25) is 5.28 Å². The Balaban J connectivity index is 2.18. The first-order valence-corrected chi connectivity index (χ1v) is 5.68. The van der Waals surface area contributed by atoms with Crippen molar-refractivity contribution in [3.05, 3.63) is 35.9 Å². The molecule has 0 aliphatic heterocycles. The van der Waals surface area contributed by atoms with Gasteiger partial charge in [0.25, 0.3) is 0 Å². The molecule has 6 heteroatoms. The molecule has 0 radical (unpaired) electrons. The number of pyridine rings is 2. The summed E-state index contributed by atoms with van der Waals surface area (Å²) < 4.78 is 3.91. The van der Waals surface area contributed by atoms with Gasteiger partial charge in [-0.2, -0.15) is 4.37 Å². The number of aromatic nitrogens is 4. The van der Waals surface area contributed by atoms with Gasteiger partial charge in [0.15, 0.2) is 5.01 Å². The maximum Gasteiger partial charge on any atom is 0.234 e. The largest absolute Gasteiger partial charge is 0.255 e. The highest BCUT2D eigenvalue weighted by Gasteiger charge is 2.07. The van der Waals surface area contributed by atoms with E-state index in [2.05, 4.69) is 19.3 Å². The second-order valence-corrected chi connectivity index (χ2v) is 4.22. The lowest BCUT2D eigenvalue weighted by atomic mass is 10.2. The summed E-state index contributed by atoms with van der Waals surface area (Å²) in [7, 11) is 0. The molecule has 3 rings (SSSR count). The van der Waals surface area contributed by atoms with Gasteiger partial charge < -0.3 is 0 Å². The molecule has 0 spiro atoms. The van der Waals surface area contributed by atoms with E-state index < -0.39 is 0 Å². The van der Waals surface area contributed by atoms with Gasteiger partial charge in [0.1, 0.15) is 5.69 Å². The predicted molar refractivity (Wildman–Crippen MR) is 63.5 cm³/mol. The Labute approximate surface area is 100 Å². The number of hydrogen-bond donors (Lipinski definition) is 0. The van der Waals surface area contributed by atoms with Crippen LogP contribution in [0.15, 0.2) is 30.6 Å². The number of halogens is 1. The van der Waals surface area contributed by atoms with Crippen LogP contribution in [0.5, 0.6) is 0 Å². The van der Waals surface area contributed by atoms with Crippen LogP contribution in [0.1, 0.15) is 0 Å². The van der Waals surface area contributed by atoms with Crippen LogP contribution in [0.3, 0.4) is 0 Å². The molecule has 78 valence electrons. The fraction of sp³-hybridized carbons (Fsp3) is 0. The number of rotatable bonds is 1. The molecule has 0 N–H and O–H groups in total. The van der Waals surface area contributed by atoms with Gasteiger partial charge in [0, 0.05) is 11.6 Å². The average molecular weight is 249 g/mol. The van der Waals surface area contributed by atoms with E-state index in [0.29, 0.717) is 0 Å². The van der Waals surface area contributed by atoms with Crippen LogP contribution in [0.4, 0.5) is 0 Å². The van der Waals surface area contributed by atoms with Crippen LogP contribution in [-0.2, 0) is 0 Å². The maximum absolute atomic E-state index is 5.68. The minimum atomic E-state index is 0.257. The van der Waals surface area contributed by atoms with Gasteiger partial charge >= 0.3 is 0 Å². The molecule has 3 aromatic heterocycles. The van der Waals surface area contributed by atoms with Crippen molar-refractivity contribution in [2.45, 2.75) is 0 Å². The summed E-state index contributed by atoms with van der Waals surface area (Å²) in [6.45, 7) is 0. The van der Waals surface area contributed by atoms with Gasteiger partial charge in [-0.15, -0.1) is 0 Å². The molecule has 0 aliphatic carbocycles. The van der Waals surface area contributed by atoms with Crippen LogP contribution in [0.25, 0.3) is 21.6 Å². The van der Waals surface area contributed by atoms with Crippen molar-refractivity contribution in [3.8, 4) is 10.7 Å². The molecule has 0 atom stereocenters. The standard InChI is InChI=1S/C10H5ClN4S/c11-10-14-9(16-15-10)7-4-6-2-1-3-12-8(6)5-13-7/h1-5H. The molecule has 0 aliphatic rings. The lowest BCUT2D eigenvalue weighted by molar-refractivity contribution is 1.27. The van der Waals surface area contributed by atoms with Crippen molar-refractivity contribution >= 4 is 34.0 Å². The quantitative estimate of drug-likeness (QED) is 0.665. The van der Waals surface area contributed by atoms with Crippen molar-refractivity contribution in [2.75, 3.05) is 0 Å². The monoisotopic (exact) mass is 248 g/mol. The molecular weight excluding hydrogens is 244 g/mol. The third-order valence-electron chi connectivity index (χ3n) is 2.11. The van der Waals surface area contributed by atoms with Crippen molar-refractivity contribution in [1.29, 1.82) is 0 Å². The van der Waals surface area contributed by atoms with E-state index in [1.54, 1.807) is 12.4 Å². The van der Waals surface area contributed by atoms with E-state index in [0.717, 1.165) is 21.6 Å². The summed E-state index contributed by atoms with van der Waals surface area (Å²) in [5.74, 6) is 0. The lowest BCUT2D eigenvalue weighted by Crippen LogP contribution is -1.84. The molecular formula is C10H5ClN4S. The lowest BCUT2D eigenvalue weighted by Gasteiger charge is -1.97. The highest BCUT2D eigenvalue weighted by molar-refractivity contribution is 7.09. The molecule has 4 nitrogen and oxygen atoms in total. The molecule has 0 aromatic carbocycles. The minimum Gasteiger partial charge on any atom is -0.255 e. The Kier molecular flexibility index (Phi) is 2.27. The van der Waals surface area contributed by atoms with E-state index in [1.165, 1.54) is 11.5 Å². The Morgan fingerprint density at radius 2 is 2.19 bits per heavy atom. The molecule has 0 bridgehead atoms. The van der Waals surface area contributed by atoms with Gasteiger partial charge in [-0.1, -0.05) is 6.07 Å². The van der Waals surface area contributed by atoms with Crippen LogP contribution in [0, 0.1) is 0 Å². The first kappa shape index (κ1) is 9.62. The predicted octanol–water partition coefficient (Wildman–Crippen LogP) is 2.80. The summed E-state index contributed by atoms with van der Waals surface area (Å²) in [5, 5.41) is 2.00. The number of hydrogen-bond acceptors (Lipinski definition) is 5. The van der Waals surface area contributed by atoms with Crippen molar-refractivity contribution in [1.82, 2.24) is 19.3 Å². The SMILES string of the molecule is Clc1nsc(-c2cc3cccnc3cn2)n1. The summed E-state index contributed by atoms with van der Waals surface area (Å²) in [5.41, 5.74) is 1.63. The maximum atomic E-state index is 5.68. The molecule has 3 heterocycles. The second-order valence-electron chi connectivity index (χ2n) is 3.13. The Hall–Kier alpha value is -1.59. The number of nitrogens with zero attached hydrogens (tertiary/aromatic N) is 4. The van der Waals surface area contributed by atoms with Crippen molar-refractivity contribution in [3.63, 3.8) is 0 Å². The van der Waals surface area contributed by atoms with Gasteiger partial charge in [0.05, 0.1) is 11.7 Å². The first-order chi connectivity index (χ1) is 7.83. The highest BCUT2D eigenvalue weighted by atomic mass is 35.5. The van der Waals surface area contributed by atoms with Crippen LogP contribution < -0.4 is 0 Å². The molecule has 0 saturated heterocycles.